The van der Waals surface area contributed by atoms with Crippen LogP contribution in [0.15, 0.2) is 24.3 Å². The third-order valence-electron chi connectivity index (χ3n) is 3.92. The molecule has 1 aromatic carbocycles. The summed E-state index contributed by atoms with van der Waals surface area (Å²) >= 11 is 0. The topological polar surface area (TPSA) is 75.6 Å². The molecule has 0 bridgehead atoms. The number of carbonyl (C=O) groups is 2. The van der Waals surface area contributed by atoms with E-state index in [0.717, 1.165) is 0 Å². The lowest BCUT2D eigenvalue weighted by Gasteiger charge is -2.31. The van der Waals surface area contributed by atoms with Crippen molar-refractivity contribution in [2.24, 2.45) is 11.8 Å². The smallest absolute Gasteiger partial charge is 0.411 e. The Kier molecular flexibility index (Phi) is 5.82. The van der Waals surface area contributed by atoms with Crippen molar-refractivity contribution in [2.45, 2.75) is 32.2 Å². The standard InChI is InChI=1S/C16H18F3NO4/c17-16(18,19)9-24-8-11-3-1-2-10(6-11)7-20-14(21)12-4-5-13(12)15(22)23/h1-3,6,12-13H,4-5,7-9H2,(H,20,21)(H,22,23). The highest BCUT2D eigenvalue weighted by Crippen LogP contribution is 2.34. The molecule has 1 amide bonds. The maximum Gasteiger partial charge on any atom is 0.411 e. The molecule has 0 saturated heterocycles. The van der Waals surface area contributed by atoms with E-state index in [1.165, 1.54) is 0 Å². The first-order valence-corrected chi connectivity index (χ1v) is 7.49. The van der Waals surface area contributed by atoms with Gasteiger partial charge in [0.15, 0.2) is 0 Å². The van der Waals surface area contributed by atoms with E-state index >= 15 is 0 Å². The quantitative estimate of drug-likeness (QED) is 0.796. The Morgan fingerprint density at radius 1 is 1.21 bits per heavy atom. The van der Waals surface area contributed by atoms with Gasteiger partial charge in [0.05, 0.1) is 18.4 Å². The largest absolute Gasteiger partial charge is 0.481 e. The zero-order valence-electron chi connectivity index (χ0n) is 12.8. The van der Waals surface area contributed by atoms with Crippen molar-refractivity contribution in [1.82, 2.24) is 5.32 Å². The van der Waals surface area contributed by atoms with Gasteiger partial charge in [0.1, 0.15) is 6.61 Å². The van der Waals surface area contributed by atoms with E-state index in [0.29, 0.717) is 24.0 Å². The van der Waals surface area contributed by atoms with Crippen LogP contribution in [-0.4, -0.2) is 29.8 Å². The van der Waals surface area contributed by atoms with Crippen LogP contribution in [-0.2, 0) is 27.5 Å². The van der Waals surface area contributed by atoms with Gasteiger partial charge >= 0.3 is 12.1 Å². The molecular formula is C16H18F3NO4. The summed E-state index contributed by atoms with van der Waals surface area (Å²) in [6.45, 7) is -1.30. The summed E-state index contributed by atoms with van der Waals surface area (Å²) in [6.07, 6.45) is -3.32. The first-order valence-electron chi connectivity index (χ1n) is 7.49. The van der Waals surface area contributed by atoms with Crippen LogP contribution < -0.4 is 5.32 Å². The van der Waals surface area contributed by atoms with Gasteiger partial charge in [0, 0.05) is 6.54 Å². The van der Waals surface area contributed by atoms with Gasteiger partial charge in [-0.3, -0.25) is 9.59 Å². The van der Waals surface area contributed by atoms with Crippen LogP contribution in [0.25, 0.3) is 0 Å². The molecule has 1 aliphatic carbocycles. The number of nitrogens with one attached hydrogen (secondary N) is 1. The number of hydrogen-bond acceptors (Lipinski definition) is 3. The zero-order chi connectivity index (χ0) is 17.7. The SMILES string of the molecule is O=C(O)C1CCC1C(=O)NCc1cccc(COCC(F)(F)F)c1. The molecule has 2 atom stereocenters. The van der Waals surface area contributed by atoms with Crippen LogP contribution in [0.4, 0.5) is 13.2 Å². The van der Waals surface area contributed by atoms with Crippen molar-refractivity contribution in [1.29, 1.82) is 0 Å². The molecule has 8 heteroatoms. The summed E-state index contributed by atoms with van der Waals surface area (Å²) < 4.78 is 40.7. The van der Waals surface area contributed by atoms with Gasteiger partial charge in [-0.1, -0.05) is 24.3 Å². The average Bonchev–Trinajstić information content (AvgIpc) is 2.42. The second-order valence-electron chi connectivity index (χ2n) is 5.77. The molecular weight excluding hydrogens is 327 g/mol. The highest BCUT2D eigenvalue weighted by Gasteiger charge is 2.41. The van der Waals surface area contributed by atoms with E-state index in [-0.39, 0.29) is 19.1 Å². The number of rotatable bonds is 7. The Hall–Kier alpha value is -2.09. The normalized spacial score (nSPS) is 20.3. The van der Waals surface area contributed by atoms with Gasteiger partial charge in [-0.25, -0.2) is 0 Å². The van der Waals surface area contributed by atoms with Crippen LogP contribution >= 0.6 is 0 Å². The number of amides is 1. The van der Waals surface area contributed by atoms with E-state index in [1.807, 2.05) is 0 Å². The van der Waals surface area contributed by atoms with E-state index in [1.54, 1.807) is 24.3 Å². The molecule has 0 spiro atoms. The molecule has 132 valence electrons. The third-order valence-corrected chi connectivity index (χ3v) is 3.92. The summed E-state index contributed by atoms with van der Waals surface area (Å²) in [6, 6.07) is 6.67. The molecule has 1 aliphatic rings. The lowest BCUT2D eigenvalue weighted by molar-refractivity contribution is -0.176. The molecule has 0 aromatic heterocycles. The Bertz CT molecular complexity index is 603. The van der Waals surface area contributed by atoms with Crippen LogP contribution in [0, 0.1) is 11.8 Å². The maximum atomic E-state index is 12.0. The molecule has 2 unspecified atom stereocenters. The van der Waals surface area contributed by atoms with Gasteiger partial charge in [0.25, 0.3) is 0 Å². The van der Waals surface area contributed by atoms with Gasteiger partial charge in [-0.2, -0.15) is 13.2 Å². The van der Waals surface area contributed by atoms with Crippen molar-refractivity contribution in [3.63, 3.8) is 0 Å². The molecule has 5 nitrogen and oxygen atoms in total. The van der Waals surface area contributed by atoms with Crippen molar-refractivity contribution in [2.75, 3.05) is 6.61 Å². The minimum atomic E-state index is -4.37. The number of carboxylic acids is 1. The Morgan fingerprint density at radius 3 is 2.46 bits per heavy atom. The number of aliphatic carboxylic acids is 1. The second-order valence-corrected chi connectivity index (χ2v) is 5.77. The van der Waals surface area contributed by atoms with E-state index in [9.17, 15) is 22.8 Å². The summed E-state index contributed by atoms with van der Waals surface area (Å²) in [7, 11) is 0. The number of carbonyl (C=O) groups excluding carboxylic acids is 1. The van der Waals surface area contributed by atoms with Crippen molar-refractivity contribution >= 4 is 11.9 Å². The van der Waals surface area contributed by atoms with Crippen molar-refractivity contribution in [3.05, 3.63) is 35.4 Å². The summed E-state index contributed by atoms with van der Waals surface area (Å²) in [5.74, 6) is -2.43. The highest BCUT2D eigenvalue weighted by atomic mass is 19.4. The second kappa shape index (κ2) is 7.65. The highest BCUT2D eigenvalue weighted by molar-refractivity contribution is 5.86. The van der Waals surface area contributed by atoms with E-state index in [4.69, 9.17) is 5.11 Å². The maximum absolute atomic E-state index is 12.0. The van der Waals surface area contributed by atoms with Crippen LogP contribution in [0.1, 0.15) is 24.0 Å². The fraction of sp³-hybridized carbons (Fsp3) is 0.500. The summed E-state index contributed by atoms with van der Waals surface area (Å²) in [5, 5.41) is 11.6. The summed E-state index contributed by atoms with van der Waals surface area (Å²) in [5.41, 5.74) is 1.28. The molecule has 0 aliphatic heterocycles. The lowest BCUT2D eigenvalue weighted by atomic mass is 9.73. The lowest BCUT2D eigenvalue weighted by Crippen LogP contribution is -2.43. The van der Waals surface area contributed by atoms with Gasteiger partial charge in [-0.15, -0.1) is 0 Å². The monoisotopic (exact) mass is 345 g/mol. The van der Waals surface area contributed by atoms with Crippen molar-refractivity contribution in [3.8, 4) is 0 Å². The minimum absolute atomic E-state index is 0.176. The molecule has 0 radical (unpaired) electrons. The first kappa shape index (κ1) is 18.3. The number of hydrogen-bond donors (Lipinski definition) is 2. The van der Waals surface area contributed by atoms with E-state index in [2.05, 4.69) is 10.1 Å². The minimum Gasteiger partial charge on any atom is -0.481 e. The Labute approximate surface area is 136 Å². The zero-order valence-corrected chi connectivity index (χ0v) is 12.8. The Balaban J connectivity index is 1.81. The molecule has 1 saturated carbocycles. The fourth-order valence-corrected chi connectivity index (χ4v) is 2.54. The molecule has 24 heavy (non-hydrogen) atoms. The third kappa shape index (κ3) is 5.23. The predicted octanol–water partition coefficient (Wildman–Crippen LogP) is 2.49. The molecule has 2 rings (SSSR count). The van der Waals surface area contributed by atoms with Gasteiger partial charge in [0.2, 0.25) is 5.91 Å². The van der Waals surface area contributed by atoms with Crippen molar-refractivity contribution < 1.29 is 32.6 Å². The number of alkyl halides is 3. The first-order chi connectivity index (χ1) is 11.3. The number of benzene rings is 1. The number of carboxylic acid groups (broad SMARTS) is 1. The van der Waals surface area contributed by atoms with Gasteiger partial charge < -0.3 is 15.2 Å². The number of ether oxygens (including phenoxy) is 1. The van der Waals surface area contributed by atoms with Crippen LogP contribution in [0.2, 0.25) is 0 Å². The van der Waals surface area contributed by atoms with Crippen LogP contribution in [0.3, 0.4) is 0 Å². The molecule has 1 fully saturated rings. The summed E-state index contributed by atoms with van der Waals surface area (Å²) in [4.78, 5) is 22.9. The van der Waals surface area contributed by atoms with Crippen LogP contribution in [0.5, 0.6) is 0 Å². The number of halogens is 3. The molecule has 2 N–H and O–H groups in total. The van der Waals surface area contributed by atoms with Gasteiger partial charge in [-0.05, 0) is 24.0 Å². The fourth-order valence-electron chi connectivity index (χ4n) is 2.54. The predicted molar refractivity (Wildman–Crippen MR) is 77.8 cm³/mol. The molecule has 0 heterocycles. The Morgan fingerprint density at radius 2 is 1.88 bits per heavy atom. The average molecular weight is 345 g/mol. The molecule has 1 aromatic rings. The van der Waals surface area contributed by atoms with E-state index < -0.39 is 30.6 Å².